The van der Waals surface area contributed by atoms with Crippen molar-refractivity contribution in [1.82, 2.24) is 0 Å². The second-order valence-electron chi connectivity index (χ2n) is 19.4. The summed E-state index contributed by atoms with van der Waals surface area (Å²) in [5.41, 5.74) is 22.0. The van der Waals surface area contributed by atoms with Crippen molar-refractivity contribution in [2.24, 2.45) is 0 Å². The molecule has 0 amide bonds. The quantitative estimate of drug-likeness (QED) is 0.175. The van der Waals surface area contributed by atoms with Crippen LogP contribution in [0, 0.1) is 0 Å². The molecule has 0 atom stereocenters. The molecule has 1 aromatic heterocycles. The van der Waals surface area contributed by atoms with Gasteiger partial charge in [0, 0.05) is 47.3 Å². The van der Waals surface area contributed by atoms with Crippen molar-refractivity contribution in [1.29, 1.82) is 0 Å². The molecule has 2 nitrogen and oxygen atoms in total. The Morgan fingerprint density at radius 2 is 0.778 bits per heavy atom. The zero-order chi connectivity index (χ0) is 47.1. The minimum Gasteiger partial charge on any atom is -0.456 e. The van der Waals surface area contributed by atoms with Gasteiger partial charge in [0.25, 0.3) is 0 Å². The van der Waals surface area contributed by atoms with Gasteiger partial charge in [-0.25, -0.2) is 0 Å². The van der Waals surface area contributed by atoms with Gasteiger partial charge in [-0.2, -0.15) is 0 Å². The molecule has 0 saturated heterocycles. The van der Waals surface area contributed by atoms with Gasteiger partial charge in [0.05, 0.1) is 16.5 Å². The fraction of sp³-hybridized carbons (Fsp3) is 0.0294. The third kappa shape index (κ3) is 5.33. The molecule has 336 valence electrons. The molecule has 0 saturated carbocycles. The lowest BCUT2D eigenvalue weighted by atomic mass is 9.67. The van der Waals surface area contributed by atoms with Gasteiger partial charge in [0.15, 0.2) is 0 Å². The van der Waals surface area contributed by atoms with Crippen LogP contribution in [0.1, 0.15) is 44.5 Å². The predicted molar refractivity (Wildman–Crippen MR) is 297 cm³/mol. The Hall–Kier alpha value is -8.28. The number of rotatable bonds is 4. The maximum Gasteiger partial charge on any atom is 0.136 e. The van der Waals surface area contributed by atoms with Crippen LogP contribution in [0.15, 0.2) is 273 Å². The van der Waals surface area contributed by atoms with E-state index in [1.54, 1.807) is 0 Å². The minimum atomic E-state index is -0.520. The Labute approximate surface area is 426 Å². The Morgan fingerprint density at radius 3 is 1.43 bits per heavy atom. The lowest BCUT2D eigenvalue weighted by Crippen LogP contribution is -2.32. The summed E-state index contributed by atoms with van der Waals surface area (Å²) in [5.74, 6) is 0. The van der Waals surface area contributed by atoms with Crippen molar-refractivity contribution in [3.63, 3.8) is 0 Å². The largest absolute Gasteiger partial charge is 0.456 e. The summed E-state index contributed by atoms with van der Waals surface area (Å²) >= 11 is 3.77. The van der Waals surface area contributed by atoms with Crippen LogP contribution in [-0.2, 0) is 10.8 Å². The molecule has 2 spiro atoms. The number of furan rings is 1. The number of nitrogens with zero attached hydrogens (tertiary/aromatic N) is 1. The molecule has 0 radical (unpaired) electrons. The number of fused-ring (bicyclic) bond motifs is 21. The van der Waals surface area contributed by atoms with Crippen LogP contribution < -0.4 is 4.90 Å². The molecule has 0 N–H and O–H groups in total. The van der Waals surface area contributed by atoms with E-state index >= 15 is 0 Å². The normalized spacial score (nSPS) is 14.5. The SMILES string of the molecule is c1ccc2c(c1)Sc1ccccc1C21c2ccccc2-c2ccc(N(c3ccc(-c4ccc5c(c4)oc4ccccc45)cc3)c3cccc4c3-c3ccccc3C43c4ccccc4Sc4ccccc43)cc21. The van der Waals surface area contributed by atoms with Gasteiger partial charge in [-0.05, 0) is 145 Å². The molecule has 12 aromatic rings. The fourth-order valence-electron chi connectivity index (χ4n) is 13.2. The Morgan fingerprint density at radius 1 is 0.306 bits per heavy atom. The second kappa shape index (κ2) is 15.1. The number of hydrogen-bond acceptors (Lipinski definition) is 4. The number of anilines is 3. The number of hydrogen-bond donors (Lipinski definition) is 0. The zero-order valence-electron chi connectivity index (χ0n) is 38.8. The second-order valence-corrected chi connectivity index (χ2v) is 21.6. The summed E-state index contributed by atoms with van der Waals surface area (Å²) in [6.07, 6.45) is 0. The molecule has 72 heavy (non-hydrogen) atoms. The van der Waals surface area contributed by atoms with Crippen molar-refractivity contribution in [2.75, 3.05) is 4.90 Å². The van der Waals surface area contributed by atoms with Gasteiger partial charge in [0.2, 0.25) is 0 Å². The van der Waals surface area contributed by atoms with Gasteiger partial charge in [0.1, 0.15) is 11.2 Å². The van der Waals surface area contributed by atoms with E-state index in [1.807, 2.05) is 35.7 Å². The maximum absolute atomic E-state index is 6.40. The van der Waals surface area contributed by atoms with Gasteiger partial charge >= 0.3 is 0 Å². The van der Waals surface area contributed by atoms with E-state index in [0.717, 1.165) is 50.1 Å². The first-order valence-corrected chi connectivity index (χ1v) is 26.4. The molecule has 0 bridgehead atoms. The fourth-order valence-corrected chi connectivity index (χ4v) is 15.6. The smallest absolute Gasteiger partial charge is 0.136 e. The maximum atomic E-state index is 6.40. The van der Waals surface area contributed by atoms with E-state index in [-0.39, 0.29) is 0 Å². The van der Waals surface area contributed by atoms with Gasteiger partial charge in [-0.1, -0.05) is 199 Å². The highest BCUT2D eigenvalue weighted by molar-refractivity contribution is 7.99. The predicted octanol–water partition coefficient (Wildman–Crippen LogP) is 18.4. The van der Waals surface area contributed by atoms with Crippen LogP contribution in [0.2, 0.25) is 0 Å². The molecule has 16 rings (SSSR count). The Kier molecular flexibility index (Phi) is 8.49. The molecule has 4 aliphatic rings. The van der Waals surface area contributed by atoms with Gasteiger partial charge in [-0.15, -0.1) is 0 Å². The van der Waals surface area contributed by atoms with E-state index in [2.05, 4.69) is 241 Å². The van der Waals surface area contributed by atoms with E-state index in [4.69, 9.17) is 4.42 Å². The number of para-hydroxylation sites is 1. The molecular formula is C68H41NOS2. The zero-order valence-corrected chi connectivity index (χ0v) is 40.5. The van der Waals surface area contributed by atoms with Gasteiger partial charge in [-0.3, -0.25) is 0 Å². The third-order valence-electron chi connectivity index (χ3n) is 16.0. The minimum absolute atomic E-state index is 0.512. The van der Waals surface area contributed by atoms with Crippen LogP contribution in [-0.4, -0.2) is 0 Å². The Bertz CT molecular complexity index is 4170. The highest BCUT2D eigenvalue weighted by atomic mass is 32.2. The first kappa shape index (κ1) is 40.4. The van der Waals surface area contributed by atoms with Crippen LogP contribution in [0.5, 0.6) is 0 Å². The first-order valence-electron chi connectivity index (χ1n) is 24.7. The average molecular weight is 952 g/mol. The highest BCUT2D eigenvalue weighted by Gasteiger charge is 2.52. The standard InChI is InChI=1S/C68H41NOS2/c1-4-19-51-46(16-1)47-39-37-45(41-58(47)68(51)55-23-8-13-30-64(55)72-65-31-14-9-24-56(65)68)69(44-35-32-42(33-36-44)43-34-38-49-48-17-3-10-27-60(48)70-61(49)40-43)59-26-15-25-57-66(59)50-18-2-5-20-52(50)67(57)53-21-6-11-28-62(53)71-63-29-12-7-22-54(63)67/h1-41H. The summed E-state index contributed by atoms with van der Waals surface area (Å²) in [5, 5.41) is 2.27. The van der Waals surface area contributed by atoms with Crippen molar-refractivity contribution in [3.8, 4) is 33.4 Å². The van der Waals surface area contributed by atoms with E-state index in [0.29, 0.717) is 0 Å². The molecule has 2 aliphatic heterocycles. The summed E-state index contributed by atoms with van der Waals surface area (Å²) in [6.45, 7) is 0. The summed E-state index contributed by atoms with van der Waals surface area (Å²) in [7, 11) is 0. The molecule has 11 aromatic carbocycles. The van der Waals surface area contributed by atoms with Crippen LogP contribution >= 0.6 is 23.5 Å². The summed E-state index contributed by atoms with van der Waals surface area (Å²) in [4.78, 5) is 7.74. The van der Waals surface area contributed by atoms with E-state index < -0.39 is 10.8 Å². The van der Waals surface area contributed by atoms with E-state index in [9.17, 15) is 0 Å². The highest BCUT2D eigenvalue weighted by Crippen LogP contribution is 2.66. The van der Waals surface area contributed by atoms with E-state index in [1.165, 1.54) is 86.3 Å². The van der Waals surface area contributed by atoms with Crippen LogP contribution in [0.3, 0.4) is 0 Å². The van der Waals surface area contributed by atoms with Gasteiger partial charge < -0.3 is 9.32 Å². The number of benzene rings is 11. The molecular weight excluding hydrogens is 911 g/mol. The third-order valence-corrected chi connectivity index (χ3v) is 18.3. The average Bonchev–Trinajstić information content (AvgIpc) is 4.07. The molecule has 0 fully saturated rings. The summed E-state index contributed by atoms with van der Waals surface area (Å²) in [6, 6.07) is 93.1. The van der Waals surface area contributed by atoms with Crippen LogP contribution in [0.4, 0.5) is 17.1 Å². The lowest BCUT2D eigenvalue weighted by Gasteiger charge is -2.40. The first-order chi connectivity index (χ1) is 35.7. The molecule has 0 unspecified atom stereocenters. The van der Waals surface area contributed by atoms with Crippen molar-refractivity contribution in [3.05, 3.63) is 293 Å². The van der Waals surface area contributed by atoms with Crippen molar-refractivity contribution in [2.45, 2.75) is 30.4 Å². The van der Waals surface area contributed by atoms with Crippen molar-refractivity contribution >= 4 is 62.5 Å². The summed E-state index contributed by atoms with van der Waals surface area (Å²) < 4.78 is 6.40. The van der Waals surface area contributed by atoms with Crippen molar-refractivity contribution < 1.29 is 4.42 Å². The monoisotopic (exact) mass is 951 g/mol. The lowest BCUT2D eigenvalue weighted by molar-refractivity contribution is 0.669. The Balaban J connectivity index is 0.960. The molecule has 3 heterocycles. The van der Waals surface area contributed by atoms with Crippen LogP contribution in [0.25, 0.3) is 55.3 Å². The topological polar surface area (TPSA) is 16.4 Å². The molecule has 2 aliphatic carbocycles. The molecule has 4 heteroatoms.